The van der Waals surface area contributed by atoms with Gasteiger partial charge in [-0.1, -0.05) is 57.8 Å². The van der Waals surface area contributed by atoms with Crippen LogP contribution in [0.2, 0.25) is 0 Å². The van der Waals surface area contributed by atoms with Gasteiger partial charge in [0.1, 0.15) is 7.85 Å². The molecule has 0 bridgehead atoms. The Bertz CT molecular complexity index is 631. The number of ketones is 2. The van der Waals surface area contributed by atoms with Crippen molar-refractivity contribution in [2.24, 2.45) is 11.8 Å². The van der Waals surface area contributed by atoms with Crippen LogP contribution in [0.1, 0.15) is 20.7 Å². The molecular formula is C14H10BBrO2. The summed E-state index contributed by atoms with van der Waals surface area (Å²) in [6.45, 7) is 0. The van der Waals surface area contributed by atoms with Gasteiger partial charge in [0.15, 0.2) is 11.6 Å². The second kappa shape index (κ2) is 4.06. The fourth-order valence-electron chi connectivity index (χ4n) is 2.57. The van der Waals surface area contributed by atoms with E-state index < -0.39 is 0 Å². The first-order valence-corrected chi connectivity index (χ1v) is 6.62. The van der Waals surface area contributed by atoms with Gasteiger partial charge in [0, 0.05) is 15.6 Å². The predicted octanol–water partition coefficient (Wildman–Crippen LogP) is 1.40. The highest BCUT2D eigenvalue weighted by Gasteiger charge is 2.39. The van der Waals surface area contributed by atoms with Crippen molar-refractivity contribution < 1.29 is 9.59 Å². The highest BCUT2D eigenvalue weighted by Crippen LogP contribution is 2.36. The van der Waals surface area contributed by atoms with Crippen molar-refractivity contribution in [3.8, 4) is 0 Å². The summed E-state index contributed by atoms with van der Waals surface area (Å²) < 4.78 is 0.862. The molecule has 1 aromatic carbocycles. The zero-order valence-electron chi connectivity index (χ0n) is 9.81. The molecule has 0 radical (unpaired) electrons. The van der Waals surface area contributed by atoms with Crippen molar-refractivity contribution in [3.05, 3.63) is 52.0 Å². The molecule has 2 atom stereocenters. The maximum Gasteiger partial charge on any atom is 0.171 e. The van der Waals surface area contributed by atoms with E-state index in [4.69, 9.17) is 0 Å². The molecular weight excluding hydrogens is 291 g/mol. The molecule has 2 nitrogen and oxygen atoms in total. The van der Waals surface area contributed by atoms with E-state index in [1.165, 1.54) is 0 Å². The lowest BCUT2D eigenvalue weighted by Gasteiger charge is -2.29. The molecule has 0 aliphatic heterocycles. The molecule has 1 aromatic rings. The van der Waals surface area contributed by atoms with Gasteiger partial charge in [-0.15, -0.1) is 0 Å². The third-order valence-corrected chi connectivity index (χ3v) is 4.03. The highest BCUT2D eigenvalue weighted by atomic mass is 79.9. The molecule has 0 N–H and O–H groups in total. The molecule has 88 valence electrons. The third-order valence-electron chi connectivity index (χ3n) is 3.50. The predicted molar refractivity (Wildman–Crippen MR) is 76.4 cm³/mol. The van der Waals surface area contributed by atoms with E-state index >= 15 is 0 Å². The first kappa shape index (κ1) is 11.7. The summed E-state index contributed by atoms with van der Waals surface area (Å²) in [7, 11) is 1.93. The van der Waals surface area contributed by atoms with Crippen LogP contribution < -0.4 is 5.46 Å². The summed E-state index contributed by atoms with van der Waals surface area (Å²) >= 11 is 3.36. The second-order valence-electron chi connectivity index (χ2n) is 4.74. The molecule has 18 heavy (non-hydrogen) atoms. The lowest BCUT2D eigenvalue weighted by atomic mass is 9.71. The Hall–Kier alpha value is -1.42. The van der Waals surface area contributed by atoms with Crippen molar-refractivity contribution >= 4 is 40.8 Å². The van der Waals surface area contributed by atoms with Crippen molar-refractivity contribution in [1.82, 2.24) is 0 Å². The van der Waals surface area contributed by atoms with Crippen LogP contribution in [0.25, 0.3) is 0 Å². The van der Waals surface area contributed by atoms with Gasteiger partial charge in [0.25, 0.3) is 0 Å². The summed E-state index contributed by atoms with van der Waals surface area (Å²) in [5, 5.41) is 0. The number of hydrogen-bond acceptors (Lipinski definition) is 2. The molecule has 3 rings (SSSR count). The molecule has 0 amide bonds. The largest absolute Gasteiger partial charge is 0.293 e. The van der Waals surface area contributed by atoms with Crippen LogP contribution in [0.3, 0.4) is 0 Å². The van der Waals surface area contributed by atoms with Gasteiger partial charge < -0.3 is 0 Å². The fourth-order valence-corrected chi connectivity index (χ4v) is 3.01. The Morgan fingerprint density at radius 3 is 2.56 bits per heavy atom. The molecule has 0 heterocycles. The van der Waals surface area contributed by atoms with Gasteiger partial charge in [0.05, 0.1) is 11.8 Å². The van der Waals surface area contributed by atoms with Crippen molar-refractivity contribution in [2.75, 3.05) is 0 Å². The minimum Gasteiger partial charge on any atom is -0.293 e. The summed E-state index contributed by atoms with van der Waals surface area (Å²) in [6.07, 6.45) is 5.49. The quantitative estimate of drug-likeness (QED) is 0.679. The minimum absolute atomic E-state index is 0.0379. The van der Waals surface area contributed by atoms with Crippen LogP contribution >= 0.6 is 15.9 Å². The van der Waals surface area contributed by atoms with Crippen LogP contribution in [0.15, 0.2) is 40.9 Å². The standard InChI is InChI=1S/C14H10BBrO2/c15-7-1-3-9-11(5-7)13(17)10-4-2-8(16)6-12(10)14(9)18/h1-6,10,12H,15H2. The summed E-state index contributed by atoms with van der Waals surface area (Å²) in [4.78, 5) is 24.8. The summed E-state index contributed by atoms with van der Waals surface area (Å²) in [6, 6.07) is 5.45. The highest BCUT2D eigenvalue weighted by molar-refractivity contribution is 9.11. The maximum absolute atomic E-state index is 12.4. The molecule has 2 aliphatic rings. The minimum atomic E-state index is -0.355. The van der Waals surface area contributed by atoms with Crippen LogP contribution in [-0.4, -0.2) is 19.4 Å². The SMILES string of the molecule is Bc1ccc2c(c1)C(=O)C1C=CC(Br)=CC1C2=O. The fraction of sp³-hybridized carbons (Fsp3) is 0.143. The molecule has 2 unspecified atom stereocenters. The van der Waals surface area contributed by atoms with Gasteiger partial charge in [0.2, 0.25) is 0 Å². The molecule has 2 aliphatic carbocycles. The van der Waals surface area contributed by atoms with E-state index in [-0.39, 0.29) is 23.4 Å². The molecule has 0 saturated carbocycles. The molecule has 0 fully saturated rings. The Morgan fingerprint density at radius 1 is 1.06 bits per heavy atom. The van der Waals surface area contributed by atoms with E-state index in [0.717, 1.165) is 9.95 Å². The average molecular weight is 301 g/mol. The van der Waals surface area contributed by atoms with Crippen LogP contribution in [0.4, 0.5) is 0 Å². The van der Waals surface area contributed by atoms with Gasteiger partial charge in [-0.25, -0.2) is 0 Å². The van der Waals surface area contributed by atoms with Crippen molar-refractivity contribution in [1.29, 1.82) is 0 Å². The van der Waals surface area contributed by atoms with Crippen LogP contribution in [-0.2, 0) is 0 Å². The van der Waals surface area contributed by atoms with Crippen molar-refractivity contribution in [3.63, 3.8) is 0 Å². The second-order valence-corrected chi connectivity index (χ2v) is 5.66. The molecule has 0 spiro atoms. The Morgan fingerprint density at radius 2 is 1.78 bits per heavy atom. The summed E-state index contributed by atoms with van der Waals surface area (Å²) in [5.41, 5.74) is 2.13. The lowest BCUT2D eigenvalue weighted by Crippen LogP contribution is -2.36. The zero-order chi connectivity index (χ0) is 12.9. The maximum atomic E-state index is 12.4. The average Bonchev–Trinajstić information content (AvgIpc) is 2.36. The van der Waals surface area contributed by atoms with Gasteiger partial charge in [-0.2, -0.15) is 0 Å². The number of Topliss-reactive ketones (excluding diaryl/α,β-unsaturated/α-hetero) is 2. The Labute approximate surface area is 114 Å². The third kappa shape index (κ3) is 1.63. The Balaban J connectivity index is 2.19. The molecule has 4 heteroatoms. The first-order chi connectivity index (χ1) is 8.58. The number of allylic oxidation sites excluding steroid dienone is 4. The lowest BCUT2D eigenvalue weighted by molar-refractivity contribution is 0.0801. The zero-order valence-corrected chi connectivity index (χ0v) is 11.4. The van der Waals surface area contributed by atoms with Crippen molar-refractivity contribution in [2.45, 2.75) is 0 Å². The Kier molecular flexibility index (Phi) is 2.63. The van der Waals surface area contributed by atoms with E-state index in [0.29, 0.717) is 11.1 Å². The molecule has 0 saturated heterocycles. The number of benzene rings is 1. The number of hydrogen-bond donors (Lipinski definition) is 0. The summed E-state index contributed by atoms with van der Waals surface area (Å²) in [5.74, 6) is -0.609. The van der Waals surface area contributed by atoms with Gasteiger partial charge in [-0.3, -0.25) is 9.59 Å². The monoisotopic (exact) mass is 300 g/mol. The van der Waals surface area contributed by atoms with Crippen LogP contribution in [0.5, 0.6) is 0 Å². The number of carbonyl (C=O) groups excluding carboxylic acids is 2. The molecule has 0 aromatic heterocycles. The smallest absolute Gasteiger partial charge is 0.171 e. The number of carbonyl (C=O) groups is 2. The van der Waals surface area contributed by atoms with E-state index in [9.17, 15) is 9.59 Å². The number of halogens is 1. The van der Waals surface area contributed by atoms with Crippen LogP contribution in [0, 0.1) is 11.8 Å². The normalized spacial score (nSPS) is 25.5. The number of fused-ring (bicyclic) bond motifs is 2. The van der Waals surface area contributed by atoms with Gasteiger partial charge >= 0.3 is 0 Å². The van der Waals surface area contributed by atoms with E-state index in [2.05, 4.69) is 15.9 Å². The van der Waals surface area contributed by atoms with E-state index in [1.54, 1.807) is 6.07 Å². The van der Waals surface area contributed by atoms with E-state index in [1.807, 2.05) is 38.2 Å². The number of rotatable bonds is 0. The first-order valence-electron chi connectivity index (χ1n) is 5.82. The van der Waals surface area contributed by atoms with Gasteiger partial charge in [-0.05, 0) is 0 Å². The topological polar surface area (TPSA) is 34.1 Å².